The van der Waals surface area contributed by atoms with Gasteiger partial charge >= 0.3 is 5.97 Å². The topological polar surface area (TPSA) is 86.6 Å². The summed E-state index contributed by atoms with van der Waals surface area (Å²) in [5.74, 6) is 0.170. The zero-order valence-electron chi connectivity index (χ0n) is 17.5. The van der Waals surface area contributed by atoms with Crippen molar-refractivity contribution >= 4 is 40.0 Å². The Hall–Kier alpha value is -2.27. The summed E-state index contributed by atoms with van der Waals surface area (Å²) in [6.45, 7) is 6.41. The number of thiazole rings is 1. The van der Waals surface area contributed by atoms with Crippen molar-refractivity contribution in [3.8, 4) is 0 Å². The number of thioether (sulfide) groups is 1. The third kappa shape index (κ3) is 5.15. The second-order valence-electron chi connectivity index (χ2n) is 7.18. The van der Waals surface area contributed by atoms with Crippen LogP contribution in [0, 0.1) is 6.92 Å². The van der Waals surface area contributed by atoms with Crippen molar-refractivity contribution in [1.82, 2.24) is 19.4 Å². The van der Waals surface area contributed by atoms with Crippen molar-refractivity contribution in [3.05, 3.63) is 50.2 Å². The molecule has 1 aromatic carbocycles. The molecule has 0 unspecified atom stereocenters. The Morgan fingerprint density at radius 1 is 1.26 bits per heavy atom. The fourth-order valence-electron chi connectivity index (χ4n) is 3.43. The van der Waals surface area contributed by atoms with Crippen LogP contribution in [0.1, 0.15) is 21.1 Å². The molecule has 0 amide bonds. The highest BCUT2D eigenvalue weighted by Gasteiger charge is 2.17. The first-order valence-corrected chi connectivity index (χ1v) is 11.9. The first-order valence-electron chi connectivity index (χ1n) is 10.0. The van der Waals surface area contributed by atoms with Gasteiger partial charge in [-0.25, -0.2) is 14.8 Å². The summed E-state index contributed by atoms with van der Waals surface area (Å²) in [6, 6.07) is 4.88. The summed E-state index contributed by atoms with van der Waals surface area (Å²) in [4.78, 5) is 36.8. The number of hydrogen-bond acceptors (Lipinski definition) is 9. The van der Waals surface area contributed by atoms with Gasteiger partial charge in [0, 0.05) is 37.3 Å². The van der Waals surface area contributed by atoms with E-state index in [0.29, 0.717) is 47.1 Å². The Morgan fingerprint density at radius 2 is 2.06 bits per heavy atom. The van der Waals surface area contributed by atoms with Gasteiger partial charge in [-0.3, -0.25) is 14.3 Å². The fourth-order valence-corrected chi connectivity index (χ4v) is 5.07. The highest BCUT2D eigenvalue weighted by Crippen LogP contribution is 2.24. The molecule has 2 aromatic heterocycles. The van der Waals surface area contributed by atoms with Crippen LogP contribution in [0.25, 0.3) is 10.9 Å². The van der Waals surface area contributed by atoms with Gasteiger partial charge in [0.05, 0.1) is 47.5 Å². The van der Waals surface area contributed by atoms with Crippen LogP contribution in [0.3, 0.4) is 0 Å². The lowest BCUT2D eigenvalue weighted by Crippen LogP contribution is -2.39. The molecular formula is C21H24N4O4S2. The number of rotatable bonds is 7. The van der Waals surface area contributed by atoms with Crippen molar-refractivity contribution in [2.45, 2.75) is 24.4 Å². The number of hydrogen-bond donors (Lipinski definition) is 0. The van der Waals surface area contributed by atoms with E-state index in [1.165, 1.54) is 18.9 Å². The van der Waals surface area contributed by atoms with E-state index in [1.54, 1.807) is 34.1 Å². The summed E-state index contributed by atoms with van der Waals surface area (Å²) in [5, 5.41) is 4.14. The van der Waals surface area contributed by atoms with Crippen LogP contribution in [0.4, 0.5) is 0 Å². The average Bonchev–Trinajstić information content (AvgIpc) is 3.22. The van der Waals surface area contributed by atoms with E-state index in [9.17, 15) is 9.59 Å². The summed E-state index contributed by atoms with van der Waals surface area (Å²) in [6.07, 6.45) is 0. The molecule has 1 fully saturated rings. The van der Waals surface area contributed by atoms with Crippen LogP contribution in [0.2, 0.25) is 0 Å². The lowest BCUT2D eigenvalue weighted by Gasteiger charge is -2.27. The maximum absolute atomic E-state index is 13.3. The number of aryl methyl sites for hydroxylation is 1. The van der Waals surface area contributed by atoms with Crippen molar-refractivity contribution in [3.63, 3.8) is 0 Å². The lowest BCUT2D eigenvalue weighted by molar-refractivity contribution is 0.0359. The Balaban J connectivity index is 1.67. The minimum Gasteiger partial charge on any atom is -0.465 e. The van der Waals surface area contributed by atoms with Crippen molar-refractivity contribution in [2.75, 3.05) is 40.0 Å². The number of carbonyl (C=O) groups excluding carboxylic acids is 1. The van der Waals surface area contributed by atoms with E-state index in [-0.39, 0.29) is 5.56 Å². The summed E-state index contributed by atoms with van der Waals surface area (Å²) < 4.78 is 12.0. The van der Waals surface area contributed by atoms with E-state index >= 15 is 0 Å². The molecule has 31 heavy (non-hydrogen) atoms. The predicted octanol–water partition coefficient (Wildman–Crippen LogP) is 2.57. The van der Waals surface area contributed by atoms with Crippen LogP contribution < -0.4 is 5.56 Å². The molecule has 0 radical (unpaired) electrons. The van der Waals surface area contributed by atoms with Crippen LogP contribution in [0.15, 0.2) is 33.5 Å². The number of methoxy groups -OCH3 is 1. The van der Waals surface area contributed by atoms with E-state index in [0.717, 1.165) is 30.3 Å². The van der Waals surface area contributed by atoms with E-state index in [2.05, 4.69) is 9.88 Å². The zero-order valence-corrected chi connectivity index (χ0v) is 19.1. The second-order valence-corrected chi connectivity index (χ2v) is 9.18. The summed E-state index contributed by atoms with van der Waals surface area (Å²) >= 11 is 3.09. The maximum atomic E-state index is 13.3. The van der Waals surface area contributed by atoms with E-state index < -0.39 is 5.97 Å². The molecule has 0 atom stereocenters. The van der Waals surface area contributed by atoms with E-state index in [1.807, 2.05) is 12.3 Å². The highest BCUT2D eigenvalue weighted by atomic mass is 32.2. The lowest BCUT2D eigenvalue weighted by atomic mass is 10.1. The maximum Gasteiger partial charge on any atom is 0.337 e. The third-order valence-corrected chi connectivity index (χ3v) is 6.93. The standard InChI is InChI=1S/C21H24N4O4S2/c1-14-22-16(12-30-14)13-31-21-23-18-11-15(20(27)28-2)3-4-17(18)19(26)25(21)6-5-24-7-9-29-10-8-24/h3-4,11-12H,5-10,13H2,1-2H3. The molecule has 1 aliphatic rings. The van der Waals surface area contributed by atoms with Crippen LogP contribution in [-0.4, -0.2) is 65.4 Å². The number of aromatic nitrogens is 3. The van der Waals surface area contributed by atoms with Crippen LogP contribution in [-0.2, 0) is 21.8 Å². The average molecular weight is 461 g/mol. The minimum absolute atomic E-state index is 0.105. The molecule has 164 valence electrons. The van der Waals surface area contributed by atoms with Gasteiger partial charge < -0.3 is 9.47 Å². The first-order chi connectivity index (χ1) is 15.0. The van der Waals surface area contributed by atoms with Crippen LogP contribution in [0.5, 0.6) is 0 Å². The van der Waals surface area contributed by atoms with Gasteiger partial charge in [-0.15, -0.1) is 11.3 Å². The molecule has 0 spiro atoms. The van der Waals surface area contributed by atoms with Crippen molar-refractivity contribution < 1.29 is 14.3 Å². The molecule has 10 heteroatoms. The Bertz CT molecular complexity index is 1140. The number of benzene rings is 1. The number of esters is 1. The first kappa shape index (κ1) is 21.9. The summed E-state index contributed by atoms with van der Waals surface area (Å²) in [7, 11) is 1.33. The van der Waals surface area contributed by atoms with Gasteiger partial charge in [0.1, 0.15) is 0 Å². The van der Waals surface area contributed by atoms with Crippen molar-refractivity contribution in [1.29, 1.82) is 0 Å². The highest BCUT2D eigenvalue weighted by molar-refractivity contribution is 7.98. The number of nitrogens with zero attached hydrogens (tertiary/aromatic N) is 4. The number of ether oxygens (including phenoxy) is 2. The smallest absolute Gasteiger partial charge is 0.337 e. The number of carbonyl (C=O) groups is 1. The summed E-state index contributed by atoms with van der Waals surface area (Å²) in [5.41, 5.74) is 1.73. The SMILES string of the molecule is COC(=O)c1ccc2c(=O)n(CCN3CCOCC3)c(SCc3csc(C)n3)nc2c1. The quantitative estimate of drug-likeness (QED) is 0.302. The Labute approximate surface area is 188 Å². The molecule has 1 aliphatic heterocycles. The third-order valence-electron chi connectivity index (χ3n) is 5.10. The largest absolute Gasteiger partial charge is 0.465 e. The molecule has 0 bridgehead atoms. The van der Waals surface area contributed by atoms with Gasteiger partial charge in [0.15, 0.2) is 5.16 Å². The molecular weight excluding hydrogens is 436 g/mol. The molecule has 0 N–H and O–H groups in total. The van der Waals surface area contributed by atoms with Crippen LogP contribution >= 0.6 is 23.1 Å². The molecule has 3 aromatic rings. The van der Waals surface area contributed by atoms with Gasteiger partial charge in [0.2, 0.25) is 0 Å². The van der Waals surface area contributed by atoms with Gasteiger partial charge in [-0.1, -0.05) is 11.8 Å². The predicted molar refractivity (Wildman–Crippen MR) is 121 cm³/mol. The Kier molecular flexibility index (Phi) is 7.01. The normalized spacial score (nSPS) is 14.8. The molecule has 3 heterocycles. The molecule has 1 saturated heterocycles. The van der Waals surface area contributed by atoms with Gasteiger partial charge in [0.25, 0.3) is 5.56 Å². The molecule has 8 nitrogen and oxygen atoms in total. The van der Waals surface area contributed by atoms with Crippen molar-refractivity contribution in [2.24, 2.45) is 0 Å². The number of fused-ring (bicyclic) bond motifs is 1. The minimum atomic E-state index is -0.452. The molecule has 0 aliphatic carbocycles. The molecule has 0 saturated carbocycles. The van der Waals surface area contributed by atoms with E-state index in [4.69, 9.17) is 14.5 Å². The monoisotopic (exact) mass is 460 g/mol. The second kappa shape index (κ2) is 9.90. The molecule has 4 rings (SSSR count). The fraction of sp³-hybridized carbons (Fsp3) is 0.429. The Morgan fingerprint density at radius 3 is 2.77 bits per heavy atom. The number of morpholine rings is 1. The van der Waals surface area contributed by atoms with Gasteiger partial charge in [-0.2, -0.15) is 0 Å². The van der Waals surface area contributed by atoms with Gasteiger partial charge in [-0.05, 0) is 25.1 Å². The zero-order chi connectivity index (χ0) is 21.8.